The molecule has 2 atom stereocenters. The minimum Gasteiger partial charge on any atom is -0.406 e. The molecule has 2 unspecified atom stereocenters. The molecule has 9 heteroatoms. The van der Waals surface area contributed by atoms with Crippen LogP contribution in [-0.2, 0) is 4.43 Å². The van der Waals surface area contributed by atoms with Crippen LogP contribution in [0.5, 0.6) is 0 Å². The number of likely N-dealkylation sites (tertiary alicyclic amines) is 1. The van der Waals surface area contributed by atoms with Gasteiger partial charge in [0, 0.05) is 55.6 Å². The Morgan fingerprint density at radius 2 is 1.61 bits per heavy atom. The van der Waals surface area contributed by atoms with Crippen molar-refractivity contribution in [3.05, 3.63) is 90.2 Å². The molecule has 230 valence electrons. The molecule has 0 amide bonds. The Bertz CT molecular complexity index is 1530. The summed E-state index contributed by atoms with van der Waals surface area (Å²) in [4.78, 5) is 19.3. The van der Waals surface area contributed by atoms with Gasteiger partial charge in [-0.3, -0.25) is 4.90 Å². The Morgan fingerprint density at radius 3 is 2.18 bits per heavy atom. The van der Waals surface area contributed by atoms with Crippen molar-refractivity contribution in [1.29, 1.82) is 0 Å². The molecule has 1 N–H and O–H groups in total. The smallest absolute Gasteiger partial charge is 0.261 e. The van der Waals surface area contributed by atoms with E-state index in [9.17, 15) is 0 Å². The van der Waals surface area contributed by atoms with Gasteiger partial charge in [0.05, 0.1) is 12.3 Å². The van der Waals surface area contributed by atoms with Crippen LogP contribution in [0.2, 0.25) is 10.2 Å². The van der Waals surface area contributed by atoms with Crippen molar-refractivity contribution in [1.82, 2.24) is 19.9 Å². The number of fused-ring (bicyclic) bond motifs is 2. The molecule has 44 heavy (non-hydrogen) atoms. The molecule has 7 nitrogen and oxygen atoms in total. The van der Waals surface area contributed by atoms with Crippen molar-refractivity contribution in [3.8, 4) is 11.3 Å². The number of rotatable bonds is 10. The van der Waals surface area contributed by atoms with Crippen molar-refractivity contribution >= 4 is 42.1 Å². The zero-order valence-electron chi connectivity index (χ0n) is 26.4. The van der Waals surface area contributed by atoms with E-state index < -0.39 is 8.32 Å². The van der Waals surface area contributed by atoms with Crippen LogP contribution < -0.4 is 20.6 Å². The predicted octanol–water partition coefficient (Wildman–Crippen LogP) is 5.85. The normalized spacial score (nSPS) is 18.8. The zero-order chi connectivity index (χ0) is 30.9. The number of pyridine rings is 1. The second kappa shape index (κ2) is 12.6. The number of anilines is 2. The molecule has 2 bridgehead atoms. The number of benzene rings is 2. The van der Waals surface area contributed by atoms with Crippen molar-refractivity contribution in [3.63, 3.8) is 0 Å². The van der Waals surface area contributed by atoms with Gasteiger partial charge >= 0.3 is 0 Å². The highest BCUT2D eigenvalue weighted by molar-refractivity contribution is 6.99. The first-order valence-electron chi connectivity index (χ1n) is 15.7. The van der Waals surface area contributed by atoms with E-state index in [1.54, 1.807) is 6.20 Å². The van der Waals surface area contributed by atoms with Gasteiger partial charge < -0.3 is 14.6 Å². The molecule has 0 radical (unpaired) electrons. The monoisotopic (exact) mass is 626 g/mol. The van der Waals surface area contributed by atoms with E-state index in [0.717, 1.165) is 42.5 Å². The molecule has 0 spiro atoms. The summed E-state index contributed by atoms with van der Waals surface area (Å²) >= 11 is 6.28. The molecular weight excluding hydrogens is 584 g/mol. The van der Waals surface area contributed by atoms with Crippen LogP contribution in [0.15, 0.2) is 85.1 Å². The number of halogens is 1. The summed E-state index contributed by atoms with van der Waals surface area (Å²) in [5.41, 5.74) is 1.76. The first kappa shape index (κ1) is 30.7. The predicted molar refractivity (Wildman–Crippen MR) is 184 cm³/mol. The molecule has 2 aromatic heterocycles. The number of aromatic nitrogens is 3. The molecule has 2 fully saturated rings. The van der Waals surface area contributed by atoms with Crippen LogP contribution in [0.1, 0.15) is 41.0 Å². The summed E-state index contributed by atoms with van der Waals surface area (Å²) in [7, 11) is -2.62. The summed E-state index contributed by atoms with van der Waals surface area (Å²) in [5, 5.41) is 6.52. The number of nitrogens with zero attached hydrogens (tertiary/aromatic N) is 5. The lowest BCUT2D eigenvalue weighted by molar-refractivity contribution is 0.191. The fraction of sp³-hybridized carbons (Fsp3) is 0.400. The van der Waals surface area contributed by atoms with E-state index in [2.05, 4.69) is 115 Å². The van der Waals surface area contributed by atoms with Crippen molar-refractivity contribution in [2.75, 3.05) is 36.5 Å². The van der Waals surface area contributed by atoms with E-state index in [1.165, 1.54) is 10.4 Å². The second-order valence-corrected chi connectivity index (χ2v) is 17.9. The molecule has 2 saturated heterocycles. The zero-order valence-corrected chi connectivity index (χ0v) is 28.1. The van der Waals surface area contributed by atoms with Gasteiger partial charge in [-0.2, -0.15) is 4.98 Å². The SMILES string of the molecule is CC(C)N1CC2CC1CN2c1nc(NCCO[Si](c2ccccc2)(c2ccccc2)C(C)(C)C)cc(-c2ccnc(Cl)c2)n1. The van der Waals surface area contributed by atoms with Gasteiger partial charge in [-0.1, -0.05) is 93.0 Å². The number of hydrogen-bond donors (Lipinski definition) is 1. The Kier molecular flexibility index (Phi) is 8.79. The average molecular weight is 627 g/mol. The van der Waals surface area contributed by atoms with Gasteiger partial charge in [0.1, 0.15) is 11.0 Å². The van der Waals surface area contributed by atoms with E-state index >= 15 is 0 Å². The van der Waals surface area contributed by atoms with Crippen LogP contribution in [0.25, 0.3) is 11.3 Å². The van der Waals surface area contributed by atoms with Crippen molar-refractivity contribution in [2.45, 2.75) is 64.2 Å². The molecule has 6 rings (SSSR count). The van der Waals surface area contributed by atoms with Crippen LogP contribution in [0.3, 0.4) is 0 Å². The van der Waals surface area contributed by atoms with E-state index in [0.29, 0.717) is 36.4 Å². The number of nitrogens with one attached hydrogen (secondary N) is 1. The molecule has 4 aromatic rings. The van der Waals surface area contributed by atoms with Gasteiger partial charge in [0.2, 0.25) is 5.95 Å². The van der Waals surface area contributed by atoms with E-state index in [1.807, 2.05) is 18.2 Å². The minimum absolute atomic E-state index is 0.0789. The second-order valence-electron chi connectivity index (χ2n) is 13.2. The summed E-state index contributed by atoms with van der Waals surface area (Å²) in [6.07, 6.45) is 2.88. The van der Waals surface area contributed by atoms with E-state index in [-0.39, 0.29) is 5.04 Å². The lowest BCUT2D eigenvalue weighted by Crippen LogP contribution is -2.66. The Balaban J connectivity index is 1.26. The van der Waals surface area contributed by atoms with Gasteiger partial charge in [0.15, 0.2) is 0 Å². The maximum Gasteiger partial charge on any atom is 0.261 e. The summed E-state index contributed by atoms with van der Waals surface area (Å²) < 4.78 is 7.11. The molecule has 0 saturated carbocycles. The number of hydrogen-bond acceptors (Lipinski definition) is 7. The highest BCUT2D eigenvalue weighted by Crippen LogP contribution is 2.37. The maximum absolute atomic E-state index is 7.11. The quantitative estimate of drug-likeness (QED) is 0.135. The molecule has 0 aliphatic carbocycles. The molecule has 2 aromatic carbocycles. The van der Waals surface area contributed by atoms with Gasteiger partial charge in [-0.25, -0.2) is 9.97 Å². The highest BCUT2D eigenvalue weighted by atomic mass is 35.5. The van der Waals surface area contributed by atoms with Crippen LogP contribution in [0.4, 0.5) is 11.8 Å². The Labute approximate surface area is 267 Å². The number of piperazine rings is 1. The molecule has 4 heterocycles. The third kappa shape index (κ3) is 6.00. The Morgan fingerprint density at radius 1 is 0.932 bits per heavy atom. The van der Waals surface area contributed by atoms with Gasteiger partial charge in [-0.05, 0) is 47.8 Å². The maximum atomic E-state index is 7.11. The van der Waals surface area contributed by atoms with Crippen molar-refractivity contribution < 1.29 is 4.43 Å². The average Bonchev–Trinajstić information content (AvgIpc) is 3.63. The summed E-state index contributed by atoms with van der Waals surface area (Å²) in [6.45, 7) is 14.6. The first-order chi connectivity index (χ1) is 21.2. The third-order valence-corrected chi connectivity index (χ3v) is 14.3. The topological polar surface area (TPSA) is 66.4 Å². The fourth-order valence-corrected chi connectivity index (χ4v) is 11.8. The molecule has 2 aliphatic heterocycles. The first-order valence-corrected chi connectivity index (χ1v) is 18.0. The van der Waals surface area contributed by atoms with Gasteiger partial charge in [0.25, 0.3) is 8.32 Å². The molecule has 2 aliphatic rings. The third-order valence-electron chi connectivity index (χ3n) is 9.08. The van der Waals surface area contributed by atoms with Crippen LogP contribution in [-0.4, -0.2) is 72.5 Å². The standard InChI is InChI=1S/C35H43ClN6OSi/c1-25(2)41-23-28-21-27(41)24-42(28)34-39-31(26-16-17-37-32(36)20-26)22-33(40-34)38-18-19-43-44(35(3,4)5,29-12-8-6-9-13-29)30-14-10-7-11-15-30/h6-17,20,22,25,27-28H,18-19,21,23-24H2,1-5H3,(H,38,39,40). The van der Waals surface area contributed by atoms with Crippen LogP contribution in [0, 0.1) is 0 Å². The highest BCUT2D eigenvalue weighted by Gasteiger charge is 2.50. The molecular formula is C35H43ClN6OSi. The van der Waals surface area contributed by atoms with Crippen LogP contribution >= 0.6 is 11.6 Å². The van der Waals surface area contributed by atoms with E-state index in [4.69, 9.17) is 26.0 Å². The Hall–Kier alpha value is -3.30. The summed E-state index contributed by atoms with van der Waals surface area (Å²) in [6, 6.07) is 28.9. The minimum atomic E-state index is -2.62. The lowest BCUT2D eigenvalue weighted by Gasteiger charge is -2.43. The van der Waals surface area contributed by atoms with Gasteiger partial charge in [-0.15, -0.1) is 0 Å². The van der Waals surface area contributed by atoms with Crippen molar-refractivity contribution in [2.24, 2.45) is 0 Å². The largest absolute Gasteiger partial charge is 0.406 e. The lowest BCUT2D eigenvalue weighted by atomic mass is 10.2. The fourth-order valence-electron chi connectivity index (χ4n) is 7.08. The summed E-state index contributed by atoms with van der Waals surface area (Å²) in [5.74, 6) is 1.55.